The van der Waals surface area contributed by atoms with Crippen LogP contribution >= 0.6 is 11.3 Å². The molecule has 294 valence electrons. The maximum atomic E-state index is 5.57. The number of fused-ring (bicyclic) bond motifs is 11. The normalized spacial score (nSPS) is 12.3. The molecule has 0 spiro atoms. The molecule has 0 amide bonds. The quantitative estimate of drug-likeness (QED) is 0.143. The summed E-state index contributed by atoms with van der Waals surface area (Å²) in [6.45, 7) is 2.94. The van der Waals surface area contributed by atoms with Crippen molar-refractivity contribution in [3.8, 4) is 38.8 Å². The Morgan fingerprint density at radius 1 is 0.516 bits per heavy atom. The number of benzene rings is 8. The fourth-order valence-corrected chi connectivity index (χ4v) is 10.7. The fourth-order valence-electron chi connectivity index (χ4n) is 9.52. The summed E-state index contributed by atoms with van der Waals surface area (Å²) >= 11 is 1.81. The molecule has 4 heterocycles. The van der Waals surface area contributed by atoms with Crippen LogP contribution in [0.1, 0.15) is 13.3 Å². The van der Waals surface area contributed by atoms with Gasteiger partial charge in [-0.2, -0.15) is 0 Å². The van der Waals surface area contributed by atoms with Gasteiger partial charge in [-0.1, -0.05) is 171 Å². The van der Waals surface area contributed by atoms with Gasteiger partial charge in [-0.3, -0.25) is 4.57 Å². The van der Waals surface area contributed by atoms with E-state index in [-0.39, 0.29) is 0 Å². The Morgan fingerprint density at radius 2 is 1.24 bits per heavy atom. The summed E-state index contributed by atoms with van der Waals surface area (Å²) in [5, 5.41) is 9.59. The first-order chi connectivity index (χ1) is 30.7. The zero-order valence-corrected chi connectivity index (χ0v) is 35.0. The third-order valence-electron chi connectivity index (χ3n) is 12.3. The third kappa shape index (κ3) is 5.81. The minimum Gasteiger partial charge on any atom is -0.336 e. The van der Waals surface area contributed by atoms with Gasteiger partial charge in [-0.05, 0) is 70.1 Å². The van der Waals surface area contributed by atoms with Gasteiger partial charge >= 0.3 is 0 Å². The summed E-state index contributed by atoms with van der Waals surface area (Å²) < 4.78 is 5.96. The number of allylic oxidation sites excluding steroid dienone is 4. The zero-order valence-electron chi connectivity index (χ0n) is 34.2. The van der Waals surface area contributed by atoms with Gasteiger partial charge in [0.25, 0.3) is 0 Å². The van der Waals surface area contributed by atoms with Crippen LogP contribution in [0.2, 0.25) is 0 Å². The van der Waals surface area contributed by atoms with Crippen molar-refractivity contribution in [2.24, 2.45) is 0 Å². The van der Waals surface area contributed by atoms with Crippen molar-refractivity contribution in [1.82, 2.24) is 19.1 Å². The van der Waals surface area contributed by atoms with Gasteiger partial charge in [0, 0.05) is 59.7 Å². The summed E-state index contributed by atoms with van der Waals surface area (Å²) in [4.78, 5) is 12.3. The number of aromatic nitrogens is 4. The van der Waals surface area contributed by atoms with Crippen molar-refractivity contribution in [2.45, 2.75) is 19.9 Å². The van der Waals surface area contributed by atoms with Gasteiger partial charge in [0.15, 0.2) is 0 Å². The number of rotatable bonds is 8. The predicted octanol–water partition coefficient (Wildman–Crippen LogP) is 15.7. The van der Waals surface area contributed by atoms with E-state index in [9.17, 15) is 0 Å². The molecule has 0 radical (unpaired) electrons. The molecule has 0 unspecified atom stereocenters. The molecule has 4 nitrogen and oxygen atoms in total. The zero-order chi connectivity index (χ0) is 41.1. The fraction of sp³-hybridized carbons (Fsp3) is 0.0526. The molecule has 12 aromatic rings. The Morgan fingerprint density at radius 3 is 2.10 bits per heavy atom. The van der Waals surface area contributed by atoms with Crippen LogP contribution in [0.25, 0.3) is 114 Å². The Balaban J connectivity index is 1.12. The molecule has 62 heavy (non-hydrogen) atoms. The van der Waals surface area contributed by atoms with Crippen LogP contribution in [0.3, 0.4) is 0 Å². The van der Waals surface area contributed by atoms with E-state index in [1.54, 1.807) is 0 Å². The van der Waals surface area contributed by atoms with Crippen molar-refractivity contribution in [1.29, 1.82) is 0 Å². The summed E-state index contributed by atoms with van der Waals surface area (Å²) in [6, 6.07) is 63.7. The van der Waals surface area contributed by atoms with Gasteiger partial charge in [-0.15, -0.1) is 11.3 Å². The highest BCUT2D eigenvalue weighted by molar-refractivity contribution is 7.23. The van der Waals surface area contributed by atoms with Gasteiger partial charge in [0.2, 0.25) is 5.95 Å². The molecule has 0 aliphatic rings. The molecule has 0 atom stereocenters. The number of hydrogen-bond acceptors (Lipinski definition) is 3. The van der Waals surface area contributed by atoms with E-state index in [0.29, 0.717) is 5.95 Å². The predicted molar refractivity (Wildman–Crippen MR) is 265 cm³/mol. The summed E-state index contributed by atoms with van der Waals surface area (Å²) in [6.07, 6.45) is 9.79. The van der Waals surface area contributed by atoms with Crippen LogP contribution in [0, 0.1) is 0 Å². The molecule has 8 aromatic carbocycles. The topological polar surface area (TPSA) is 35.6 Å². The summed E-state index contributed by atoms with van der Waals surface area (Å²) in [7, 11) is 0. The average Bonchev–Trinajstić information content (AvgIpc) is 4.02. The molecule has 0 aliphatic heterocycles. The summed E-state index contributed by atoms with van der Waals surface area (Å²) in [5.74, 6) is 0.657. The second-order valence-corrected chi connectivity index (χ2v) is 17.0. The molecule has 0 fully saturated rings. The molecule has 4 aromatic heterocycles. The van der Waals surface area contributed by atoms with Gasteiger partial charge in [0.1, 0.15) is 0 Å². The lowest BCUT2D eigenvalue weighted by atomic mass is 9.98. The second-order valence-electron chi connectivity index (χ2n) is 15.9. The molecule has 0 bridgehead atoms. The van der Waals surface area contributed by atoms with Crippen molar-refractivity contribution in [2.75, 3.05) is 0 Å². The molecular weight excluding hydrogens is 773 g/mol. The molecule has 12 rings (SSSR count). The number of thiophene rings is 1. The van der Waals surface area contributed by atoms with Crippen LogP contribution in [0.5, 0.6) is 0 Å². The van der Waals surface area contributed by atoms with Crippen LogP contribution in [0.15, 0.2) is 200 Å². The standard InChI is InChI=1S/C57H40N4S/c1-2-3-4-5-16-34-60-48-27-15-14-24-44(48)45-26-17-25-43(55(45)60)40-30-32-49-46(35-40)52-42-23-13-12-18-37(42)29-33-50(52)61(49)57-58-47-31-28-41-36-51(38-19-8-6-9-20-38)62-56(41)53(47)54(59-57)39-21-10-7-11-22-39/h3-33,35-36H,2,34H2,1H3/b4-3-,16-5-. The third-order valence-corrected chi connectivity index (χ3v) is 13.5. The van der Waals surface area contributed by atoms with E-state index < -0.39 is 0 Å². The Labute approximate surface area is 363 Å². The van der Waals surface area contributed by atoms with Crippen molar-refractivity contribution in [3.05, 3.63) is 200 Å². The largest absolute Gasteiger partial charge is 0.336 e. The first-order valence-corrected chi connectivity index (χ1v) is 22.2. The lowest BCUT2D eigenvalue weighted by Crippen LogP contribution is -2.03. The van der Waals surface area contributed by atoms with E-state index in [1.165, 1.54) is 75.0 Å². The van der Waals surface area contributed by atoms with Crippen LogP contribution in [-0.4, -0.2) is 19.1 Å². The first-order valence-electron chi connectivity index (χ1n) is 21.4. The molecular formula is C57H40N4S. The smallest absolute Gasteiger partial charge is 0.235 e. The highest BCUT2D eigenvalue weighted by Gasteiger charge is 2.22. The second kappa shape index (κ2) is 14.8. The number of para-hydroxylation sites is 2. The maximum Gasteiger partial charge on any atom is 0.235 e. The van der Waals surface area contributed by atoms with Crippen molar-refractivity contribution in [3.63, 3.8) is 0 Å². The van der Waals surface area contributed by atoms with E-state index in [4.69, 9.17) is 9.97 Å². The Kier molecular flexibility index (Phi) is 8.68. The minimum absolute atomic E-state index is 0.657. The van der Waals surface area contributed by atoms with Crippen LogP contribution in [0.4, 0.5) is 0 Å². The van der Waals surface area contributed by atoms with Crippen molar-refractivity contribution >= 4 is 86.7 Å². The van der Waals surface area contributed by atoms with Crippen LogP contribution in [-0.2, 0) is 6.54 Å². The monoisotopic (exact) mass is 812 g/mol. The lowest BCUT2D eigenvalue weighted by Gasteiger charge is -2.13. The average molecular weight is 813 g/mol. The Hall–Kier alpha value is -7.60. The molecule has 0 saturated carbocycles. The molecule has 0 N–H and O–H groups in total. The minimum atomic E-state index is 0.657. The molecule has 0 saturated heterocycles. The van der Waals surface area contributed by atoms with E-state index in [1.807, 2.05) is 11.3 Å². The maximum absolute atomic E-state index is 5.57. The highest BCUT2D eigenvalue weighted by Crippen LogP contribution is 2.44. The lowest BCUT2D eigenvalue weighted by molar-refractivity contribution is 0.899. The molecule has 0 aliphatic carbocycles. The van der Waals surface area contributed by atoms with Gasteiger partial charge in [0.05, 0.1) is 27.8 Å². The van der Waals surface area contributed by atoms with Gasteiger partial charge < -0.3 is 4.57 Å². The van der Waals surface area contributed by atoms with E-state index in [0.717, 1.165) is 46.2 Å². The number of nitrogens with zero attached hydrogens (tertiary/aromatic N) is 4. The first kappa shape index (κ1) is 36.3. The summed E-state index contributed by atoms with van der Waals surface area (Å²) in [5.41, 5.74) is 11.2. The Bertz CT molecular complexity index is 3750. The van der Waals surface area contributed by atoms with E-state index in [2.05, 4.69) is 216 Å². The highest BCUT2D eigenvalue weighted by atomic mass is 32.1. The number of hydrogen-bond donors (Lipinski definition) is 0. The van der Waals surface area contributed by atoms with Gasteiger partial charge in [-0.25, -0.2) is 9.97 Å². The van der Waals surface area contributed by atoms with E-state index >= 15 is 0 Å². The van der Waals surface area contributed by atoms with Crippen LogP contribution < -0.4 is 0 Å². The molecule has 5 heteroatoms. The SMILES string of the molecule is CC/C=C\C=C/Cn1c2ccccc2c2cccc(-c3ccc4c(c3)c3c5ccccc5ccc3n4-c3nc(-c4ccccc4)c4c(ccc5cc(-c6ccccc6)sc54)n3)c21. The van der Waals surface area contributed by atoms with Crippen molar-refractivity contribution < 1.29 is 0 Å².